The third-order valence-corrected chi connectivity index (χ3v) is 9.20. The van der Waals surface area contributed by atoms with Crippen LogP contribution < -0.4 is 14.8 Å². The molecular weight excluding hydrogens is 656 g/mol. The third-order valence-electron chi connectivity index (χ3n) is 9.20. The first-order valence-corrected chi connectivity index (χ1v) is 16.7. The lowest BCUT2D eigenvalue weighted by Gasteiger charge is -2.41. The molecule has 4 aromatic rings. The average molecular weight is 697 g/mol. The Morgan fingerprint density at radius 1 is 1.00 bits per heavy atom. The molecule has 2 aliphatic rings. The maximum Gasteiger partial charge on any atom is 0.387 e. The number of benzene rings is 2. The normalized spacial score (nSPS) is 17.1. The number of hydrogen-bond acceptors (Lipinski definition) is 8. The molecule has 0 saturated carbocycles. The SMILES string of the molecule is Cc1nn(-c2ccc(OC(F)F)c(-c3cccnc3)c2)c(OC(O)N2CCC(N3CCCCC3)CC2)c1C(=O)Nc1cccc(C(C)(F)F)c1. The number of likely N-dealkylation sites (tertiary alicyclic amines) is 2. The maximum atomic E-state index is 14.1. The van der Waals surface area contributed by atoms with Crippen LogP contribution in [0.2, 0.25) is 0 Å². The Morgan fingerprint density at radius 3 is 2.44 bits per heavy atom. The molecule has 2 aromatic heterocycles. The molecule has 6 rings (SSSR count). The number of carbonyl (C=O) groups is 1. The average Bonchev–Trinajstić information content (AvgIpc) is 3.43. The van der Waals surface area contributed by atoms with Gasteiger partial charge in [0.1, 0.15) is 11.3 Å². The monoisotopic (exact) mass is 696 g/mol. The second-order valence-corrected chi connectivity index (χ2v) is 12.7. The van der Waals surface area contributed by atoms with Crippen LogP contribution in [0.1, 0.15) is 60.6 Å². The van der Waals surface area contributed by atoms with Crippen LogP contribution in [-0.4, -0.2) is 80.8 Å². The Kier molecular flexibility index (Phi) is 10.7. The van der Waals surface area contributed by atoms with Crippen LogP contribution in [0.3, 0.4) is 0 Å². The minimum atomic E-state index is -3.13. The number of carbonyl (C=O) groups excluding carboxylic acids is 1. The molecule has 1 atom stereocenters. The summed E-state index contributed by atoms with van der Waals surface area (Å²) in [7, 11) is 0. The van der Waals surface area contributed by atoms with E-state index in [0.29, 0.717) is 30.4 Å². The number of aromatic nitrogens is 3. The van der Waals surface area contributed by atoms with E-state index in [1.165, 1.54) is 66.5 Å². The predicted octanol–water partition coefficient (Wildman–Crippen LogP) is 6.81. The number of amides is 1. The van der Waals surface area contributed by atoms with Crippen molar-refractivity contribution in [2.24, 2.45) is 0 Å². The first kappa shape index (κ1) is 35.3. The number of hydrogen-bond donors (Lipinski definition) is 2. The van der Waals surface area contributed by atoms with Gasteiger partial charge in [0.25, 0.3) is 18.2 Å². The van der Waals surface area contributed by atoms with E-state index in [1.807, 2.05) is 0 Å². The standard InChI is InChI=1S/C36H40F4N6O4/c1-23-31(32(47)42-26-10-6-9-25(20-26)36(2,39)40)33(50-35(48)45-18-13-27(14-19-45)44-16-4-3-5-17-44)46(43-23)28-11-12-30(49-34(37)38)29(21-28)24-8-7-15-41-22-24/h6-12,15,20-22,27,34-35,48H,3-5,13-14,16-19H2,1-2H3,(H,42,47). The zero-order valence-corrected chi connectivity index (χ0v) is 27.9. The summed E-state index contributed by atoms with van der Waals surface area (Å²) in [6.07, 6.45) is 6.87. The molecule has 2 aromatic carbocycles. The highest BCUT2D eigenvalue weighted by atomic mass is 19.3. The van der Waals surface area contributed by atoms with Crippen molar-refractivity contribution in [2.45, 2.75) is 70.9 Å². The van der Waals surface area contributed by atoms with E-state index < -0.39 is 24.9 Å². The number of halogens is 4. The molecule has 4 heterocycles. The van der Waals surface area contributed by atoms with Gasteiger partial charge in [0.05, 0.1) is 11.4 Å². The second-order valence-electron chi connectivity index (χ2n) is 12.7. The van der Waals surface area contributed by atoms with Gasteiger partial charge in [0.15, 0.2) is 0 Å². The Morgan fingerprint density at radius 2 is 1.76 bits per heavy atom. The quantitative estimate of drug-likeness (QED) is 0.130. The Balaban J connectivity index is 1.35. The minimum Gasteiger partial charge on any atom is -0.434 e. The van der Waals surface area contributed by atoms with E-state index in [4.69, 9.17) is 9.47 Å². The van der Waals surface area contributed by atoms with E-state index in [9.17, 15) is 27.5 Å². The summed E-state index contributed by atoms with van der Waals surface area (Å²) in [5, 5.41) is 18.7. The van der Waals surface area contributed by atoms with Gasteiger partial charge >= 0.3 is 6.61 Å². The van der Waals surface area contributed by atoms with E-state index >= 15 is 0 Å². The van der Waals surface area contributed by atoms with Crippen LogP contribution in [0.15, 0.2) is 67.0 Å². The third kappa shape index (κ3) is 8.09. The minimum absolute atomic E-state index is 0.0447. The number of pyridine rings is 1. The summed E-state index contributed by atoms with van der Waals surface area (Å²) < 4.78 is 67.2. The van der Waals surface area contributed by atoms with Crippen molar-refractivity contribution < 1.29 is 36.9 Å². The maximum absolute atomic E-state index is 14.1. The second kappa shape index (κ2) is 15.2. The van der Waals surface area contributed by atoms with E-state index in [2.05, 4.69) is 20.3 Å². The predicted molar refractivity (Wildman–Crippen MR) is 179 cm³/mol. The van der Waals surface area contributed by atoms with Gasteiger partial charge in [-0.1, -0.05) is 24.6 Å². The summed E-state index contributed by atoms with van der Waals surface area (Å²) >= 11 is 0. The zero-order valence-electron chi connectivity index (χ0n) is 27.9. The summed E-state index contributed by atoms with van der Waals surface area (Å²) in [6.45, 7) is 2.50. The number of aliphatic hydroxyl groups excluding tert-OH is 1. The van der Waals surface area contributed by atoms with Crippen molar-refractivity contribution in [3.63, 3.8) is 0 Å². The van der Waals surface area contributed by atoms with Gasteiger partial charge in [-0.3, -0.25) is 9.78 Å². The van der Waals surface area contributed by atoms with Gasteiger partial charge in [-0.2, -0.15) is 18.6 Å². The molecule has 10 nitrogen and oxygen atoms in total. The van der Waals surface area contributed by atoms with Crippen LogP contribution in [0, 0.1) is 6.92 Å². The number of anilines is 1. The number of nitrogens with zero attached hydrogens (tertiary/aromatic N) is 5. The molecule has 2 saturated heterocycles. The molecule has 0 aliphatic carbocycles. The van der Waals surface area contributed by atoms with Crippen LogP contribution in [0.5, 0.6) is 11.6 Å². The van der Waals surface area contributed by atoms with Crippen molar-refractivity contribution in [3.8, 4) is 28.4 Å². The number of rotatable bonds is 11. The molecule has 0 bridgehead atoms. The molecule has 1 unspecified atom stereocenters. The summed E-state index contributed by atoms with van der Waals surface area (Å²) in [5.41, 5.74) is 1.08. The number of aliphatic hydroxyl groups is 1. The molecule has 2 N–H and O–H groups in total. The van der Waals surface area contributed by atoms with Crippen molar-refractivity contribution >= 4 is 11.6 Å². The first-order chi connectivity index (χ1) is 24.0. The van der Waals surface area contributed by atoms with Crippen LogP contribution in [0.25, 0.3) is 16.8 Å². The van der Waals surface area contributed by atoms with Crippen molar-refractivity contribution in [1.29, 1.82) is 0 Å². The van der Waals surface area contributed by atoms with Gasteiger partial charge in [-0.25, -0.2) is 13.7 Å². The molecule has 2 aliphatic heterocycles. The number of aryl methyl sites for hydroxylation is 1. The van der Waals surface area contributed by atoms with Crippen LogP contribution in [0.4, 0.5) is 23.2 Å². The van der Waals surface area contributed by atoms with Gasteiger partial charge in [-0.05, 0) is 82.1 Å². The molecule has 50 heavy (non-hydrogen) atoms. The lowest BCUT2D eigenvalue weighted by Crippen LogP contribution is -2.50. The molecule has 266 valence electrons. The number of piperidine rings is 2. The Hall–Kier alpha value is -4.53. The molecule has 14 heteroatoms. The largest absolute Gasteiger partial charge is 0.434 e. The lowest BCUT2D eigenvalue weighted by molar-refractivity contribution is -0.149. The fraction of sp³-hybridized carbons (Fsp3) is 0.417. The number of nitrogens with one attached hydrogen (secondary N) is 1. The smallest absolute Gasteiger partial charge is 0.387 e. The van der Waals surface area contributed by atoms with Crippen LogP contribution in [-0.2, 0) is 5.92 Å². The fourth-order valence-corrected chi connectivity index (χ4v) is 6.64. The highest BCUT2D eigenvalue weighted by Gasteiger charge is 2.33. The van der Waals surface area contributed by atoms with E-state index in [-0.39, 0.29) is 39.7 Å². The van der Waals surface area contributed by atoms with Crippen LogP contribution >= 0.6 is 0 Å². The number of ether oxygens (including phenoxy) is 2. The Bertz CT molecular complexity index is 1770. The zero-order chi connectivity index (χ0) is 35.4. The molecule has 2 fully saturated rings. The summed E-state index contributed by atoms with van der Waals surface area (Å²) in [4.78, 5) is 22.2. The Labute approximate surface area is 287 Å². The lowest BCUT2D eigenvalue weighted by atomic mass is 10.0. The fourth-order valence-electron chi connectivity index (χ4n) is 6.64. The van der Waals surface area contributed by atoms with Crippen molar-refractivity contribution in [1.82, 2.24) is 24.6 Å². The summed E-state index contributed by atoms with van der Waals surface area (Å²) in [6, 6.07) is 13.5. The highest BCUT2D eigenvalue weighted by Crippen LogP contribution is 2.36. The van der Waals surface area contributed by atoms with E-state index in [1.54, 1.807) is 36.2 Å². The van der Waals surface area contributed by atoms with E-state index in [0.717, 1.165) is 32.9 Å². The molecule has 0 spiro atoms. The number of alkyl halides is 4. The molecule has 1 amide bonds. The van der Waals surface area contributed by atoms with Gasteiger partial charge in [0, 0.05) is 60.8 Å². The highest BCUT2D eigenvalue weighted by molar-refractivity contribution is 6.07. The van der Waals surface area contributed by atoms with Gasteiger partial charge < -0.3 is 24.8 Å². The molecular formula is C36H40F4N6O4. The molecule has 0 radical (unpaired) electrons. The topological polar surface area (TPSA) is 105 Å². The van der Waals surface area contributed by atoms with Crippen molar-refractivity contribution in [2.75, 3.05) is 31.5 Å². The first-order valence-electron chi connectivity index (χ1n) is 16.7. The van der Waals surface area contributed by atoms with Gasteiger partial charge in [-0.15, -0.1) is 0 Å². The van der Waals surface area contributed by atoms with Gasteiger partial charge in [0.2, 0.25) is 5.88 Å². The van der Waals surface area contributed by atoms with Crippen molar-refractivity contribution in [3.05, 3.63) is 83.8 Å². The summed E-state index contributed by atoms with van der Waals surface area (Å²) in [5.74, 6) is -4.07.